The lowest BCUT2D eigenvalue weighted by molar-refractivity contribution is -0.181. The average molecular weight is 520 g/mol. The highest BCUT2D eigenvalue weighted by Crippen LogP contribution is 2.31. The highest BCUT2D eigenvalue weighted by Gasteiger charge is 2.65. The van der Waals surface area contributed by atoms with Gasteiger partial charge in [-0.2, -0.15) is 0 Å². The fraction of sp³-hybridized carbons (Fsp3) is 0.0476. The van der Waals surface area contributed by atoms with Crippen molar-refractivity contribution in [3.63, 3.8) is 0 Å². The number of benzene rings is 2. The molecule has 0 unspecified atom stereocenters. The highest BCUT2D eigenvalue weighted by atomic mass is 16.6. The zero-order chi connectivity index (χ0) is 28.2. The number of carbonyl (C=O) groups excluding carboxylic acids is 2. The number of esters is 2. The van der Waals surface area contributed by atoms with Crippen LogP contribution in [0.3, 0.4) is 0 Å². The molecule has 0 saturated heterocycles. The minimum absolute atomic E-state index is 0.659. The van der Waals surface area contributed by atoms with E-state index in [0.717, 1.165) is 24.3 Å². The van der Waals surface area contributed by atoms with Crippen molar-refractivity contribution in [2.75, 3.05) is 0 Å². The second kappa shape index (κ2) is 10.2. The Labute approximate surface area is 202 Å². The maximum atomic E-state index is 12.8. The smallest absolute Gasteiger partial charge is 0.356 e. The molecule has 2 aromatic carbocycles. The Kier molecular flexibility index (Phi) is 7.58. The lowest BCUT2D eigenvalue weighted by Gasteiger charge is -2.22. The molecule has 0 heterocycles. The van der Waals surface area contributed by atoms with E-state index in [1.807, 2.05) is 0 Å². The van der Waals surface area contributed by atoms with Crippen LogP contribution in [-0.4, -0.2) is 78.4 Å². The first kappa shape index (κ1) is 27.4. The lowest BCUT2D eigenvalue weighted by Crippen LogP contribution is -2.56. The van der Waals surface area contributed by atoms with Crippen molar-refractivity contribution in [2.45, 2.75) is 0 Å². The van der Waals surface area contributed by atoms with Crippen molar-refractivity contribution in [1.82, 2.24) is 0 Å². The summed E-state index contributed by atoms with van der Waals surface area (Å²) >= 11 is 0. The van der Waals surface area contributed by atoms with Crippen LogP contribution in [0.4, 0.5) is 0 Å². The van der Waals surface area contributed by atoms with Gasteiger partial charge in [-0.3, -0.25) is 0 Å². The molecule has 0 aliphatic heterocycles. The standard InChI is InChI=1S/C21H12O16/c22-13(23)7-3-1-5-9(11(7)15(26)27)36-19(34)21(17(30)31,18(32)33)20(35)37-10-6-2-4-8(14(24)25)12(10)16(28)29/h1-6H,(H,22,23)(H,24,25)(H,26,27)(H,28,29)(H,30,31)(H,32,33). The van der Waals surface area contributed by atoms with E-state index in [1.54, 1.807) is 0 Å². The summed E-state index contributed by atoms with van der Waals surface area (Å²) < 4.78 is 9.06. The molecule has 16 heteroatoms. The number of aliphatic carboxylic acids is 2. The molecule has 192 valence electrons. The Balaban J connectivity index is 2.67. The van der Waals surface area contributed by atoms with E-state index in [-0.39, 0.29) is 0 Å². The number of carboxylic acid groups (broad SMARTS) is 6. The summed E-state index contributed by atoms with van der Waals surface area (Å²) in [5.74, 6) is -20.4. The Morgan fingerprint density at radius 1 is 0.514 bits per heavy atom. The average Bonchev–Trinajstić information content (AvgIpc) is 2.78. The number of rotatable bonds is 10. The monoisotopic (exact) mass is 520 g/mol. The molecular formula is C21H12O16. The molecule has 0 radical (unpaired) electrons. The summed E-state index contributed by atoms with van der Waals surface area (Å²) in [6, 6.07) is 4.57. The molecule has 6 N–H and O–H groups in total. The summed E-state index contributed by atoms with van der Waals surface area (Å²) in [7, 11) is 0. The van der Waals surface area contributed by atoms with Gasteiger partial charge in [0.05, 0.1) is 11.1 Å². The number of ether oxygens (including phenoxy) is 2. The molecule has 0 aliphatic carbocycles. The second-order valence-corrected chi connectivity index (χ2v) is 6.72. The Bertz CT molecular complexity index is 1280. The molecule has 0 fully saturated rings. The van der Waals surface area contributed by atoms with Crippen LogP contribution in [0.5, 0.6) is 11.5 Å². The van der Waals surface area contributed by atoms with Crippen LogP contribution < -0.4 is 9.47 Å². The summed E-state index contributed by atoms with van der Waals surface area (Å²) in [6.07, 6.45) is 0. The van der Waals surface area contributed by atoms with Crippen LogP contribution in [0.15, 0.2) is 36.4 Å². The van der Waals surface area contributed by atoms with Gasteiger partial charge in [0, 0.05) is 0 Å². The van der Waals surface area contributed by atoms with Gasteiger partial charge in [-0.05, 0) is 24.3 Å². The molecular weight excluding hydrogens is 508 g/mol. The van der Waals surface area contributed by atoms with Gasteiger partial charge < -0.3 is 40.1 Å². The first-order valence-electron chi connectivity index (χ1n) is 9.28. The number of hydrogen-bond acceptors (Lipinski definition) is 10. The van der Waals surface area contributed by atoms with Crippen LogP contribution >= 0.6 is 0 Å². The number of carbonyl (C=O) groups is 8. The number of carboxylic acids is 6. The van der Waals surface area contributed by atoms with Gasteiger partial charge in [0.1, 0.15) is 22.6 Å². The van der Waals surface area contributed by atoms with Crippen molar-refractivity contribution in [2.24, 2.45) is 5.41 Å². The van der Waals surface area contributed by atoms with Gasteiger partial charge in [0.15, 0.2) is 0 Å². The summed E-state index contributed by atoms with van der Waals surface area (Å²) in [5.41, 5.74) is -8.63. The fourth-order valence-electron chi connectivity index (χ4n) is 2.91. The Hall–Kier alpha value is -5.80. The van der Waals surface area contributed by atoms with Crippen molar-refractivity contribution < 1.29 is 78.5 Å². The van der Waals surface area contributed by atoms with Crippen LogP contribution in [-0.2, 0) is 19.2 Å². The number of hydrogen-bond donors (Lipinski definition) is 6. The molecule has 0 aromatic heterocycles. The molecule has 16 nitrogen and oxygen atoms in total. The van der Waals surface area contributed by atoms with E-state index in [2.05, 4.69) is 9.47 Å². The zero-order valence-electron chi connectivity index (χ0n) is 17.7. The molecule has 0 atom stereocenters. The first-order chi connectivity index (χ1) is 17.2. The summed E-state index contributed by atoms with van der Waals surface area (Å²) in [6.45, 7) is 0. The third-order valence-corrected chi connectivity index (χ3v) is 4.60. The lowest BCUT2D eigenvalue weighted by atomic mass is 9.88. The Morgan fingerprint density at radius 3 is 1.08 bits per heavy atom. The fourth-order valence-corrected chi connectivity index (χ4v) is 2.91. The van der Waals surface area contributed by atoms with Crippen molar-refractivity contribution in [3.05, 3.63) is 58.7 Å². The molecule has 2 aromatic rings. The van der Waals surface area contributed by atoms with E-state index in [0.29, 0.717) is 12.1 Å². The maximum absolute atomic E-state index is 12.8. The summed E-state index contributed by atoms with van der Waals surface area (Å²) in [5, 5.41) is 55.9. The van der Waals surface area contributed by atoms with E-state index in [9.17, 15) is 58.8 Å². The van der Waals surface area contributed by atoms with E-state index in [1.165, 1.54) is 0 Å². The highest BCUT2D eigenvalue weighted by molar-refractivity contribution is 6.32. The first-order valence-corrected chi connectivity index (χ1v) is 9.28. The van der Waals surface area contributed by atoms with Crippen LogP contribution in [0.1, 0.15) is 41.4 Å². The van der Waals surface area contributed by atoms with E-state index in [4.69, 9.17) is 10.2 Å². The van der Waals surface area contributed by atoms with E-state index >= 15 is 0 Å². The third kappa shape index (κ3) is 4.87. The molecule has 0 aliphatic rings. The maximum Gasteiger partial charge on any atom is 0.356 e. The summed E-state index contributed by atoms with van der Waals surface area (Å²) in [4.78, 5) is 95.0. The van der Waals surface area contributed by atoms with E-state index < -0.39 is 86.9 Å². The molecule has 0 spiro atoms. The van der Waals surface area contributed by atoms with Crippen LogP contribution in [0, 0.1) is 5.41 Å². The van der Waals surface area contributed by atoms with Gasteiger partial charge in [-0.1, -0.05) is 12.1 Å². The Morgan fingerprint density at radius 2 is 0.838 bits per heavy atom. The third-order valence-electron chi connectivity index (χ3n) is 4.60. The zero-order valence-corrected chi connectivity index (χ0v) is 17.7. The molecule has 0 bridgehead atoms. The molecule has 37 heavy (non-hydrogen) atoms. The number of aromatic carboxylic acids is 4. The van der Waals surface area contributed by atoms with Gasteiger partial charge in [-0.15, -0.1) is 0 Å². The van der Waals surface area contributed by atoms with Crippen molar-refractivity contribution >= 4 is 47.8 Å². The van der Waals surface area contributed by atoms with Gasteiger partial charge in [-0.25, -0.2) is 38.4 Å². The largest absolute Gasteiger partial charge is 0.480 e. The predicted molar refractivity (Wildman–Crippen MR) is 110 cm³/mol. The SMILES string of the molecule is O=C(O)c1cccc(OC(=O)C(C(=O)O)(C(=O)O)C(=O)Oc2cccc(C(=O)O)c2C(=O)O)c1C(=O)O. The molecule has 0 saturated carbocycles. The predicted octanol–water partition coefficient (Wildman–Crippen LogP) is 0.146. The topological polar surface area (TPSA) is 276 Å². The second-order valence-electron chi connectivity index (χ2n) is 6.72. The van der Waals surface area contributed by atoms with Crippen LogP contribution in [0.2, 0.25) is 0 Å². The molecule has 0 amide bonds. The van der Waals surface area contributed by atoms with Gasteiger partial charge in [0.25, 0.3) is 0 Å². The minimum atomic E-state index is -4.32. The minimum Gasteiger partial charge on any atom is -0.480 e. The molecule has 2 rings (SSSR count). The van der Waals surface area contributed by atoms with Gasteiger partial charge >= 0.3 is 53.2 Å². The van der Waals surface area contributed by atoms with Crippen molar-refractivity contribution in [1.29, 1.82) is 0 Å². The normalized spacial score (nSPS) is 10.6. The quantitative estimate of drug-likeness (QED) is 0.138. The van der Waals surface area contributed by atoms with Gasteiger partial charge in [0.2, 0.25) is 0 Å². The van der Waals surface area contributed by atoms with Crippen molar-refractivity contribution in [3.8, 4) is 11.5 Å². The van der Waals surface area contributed by atoms with Crippen LogP contribution in [0.25, 0.3) is 0 Å².